The molecular weight excluding hydrogens is 474 g/mol. The van der Waals surface area contributed by atoms with Crippen molar-refractivity contribution in [3.8, 4) is 0 Å². The molecule has 0 unspecified atom stereocenters. The van der Waals surface area contributed by atoms with Gasteiger partial charge in [0.1, 0.15) is 6.04 Å². The molecule has 0 bridgehead atoms. The Morgan fingerprint density at radius 2 is 1.79 bits per heavy atom. The number of likely N-dealkylation sites (N-methyl/N-ethyl adjacent to an activating group) is 1. The van der Waals surface area contributed by atoms with E-state index in [1.54, 1.807) is 43.3 Å². The number of hydrogen-bond donors (Lipinski definition) is 1. The Kier molecular flexibility index (Phi) is 6.81. The summed E-state index contributed by atoms with van der Waals surface area (Å²) in [5.41, 5.74) is 1.44. The van der Waals surface area contributed by atoms with E-state index in [4.69, 9.17) is 11.6 Å². The van der Waals surface area contributed by atoms with Crippen molar-refractivity contribution in [2.75, 3.05) is 17.9 Å². The van der Waals surface area contributed by atoms with Crippen LogP contribution in [0.15, 0.2) is 65.6 Å². The lowest BCUT2D eigenvalue weighted by molar-refractivity contribution is -0.140. The highest BCUT2D eigenvalue weighted by Crippen LogP contribution is 2.42. The molecule has 9 heteroatoms. The largest absolute Gasteiger partial charge is 0.357 e. The first-order chi connectivity index (χ1) is 16.2. The Morgan fingerprint density at radius 1 is 1.09 bits per heavy atom. The molecule has 4 rings (SSSR count). The molecule has 7 nitrogen and oxygen atoms in total. The molecule has 1 N–H and O–H groups in total. The Hall–Kier alpha value is -3.10. The average molecular weight is 500 g/mol. The zero-order valence-electron chi connectivity index (χ0n) is 19.0. The van der Waals surface area contributed by atoms with Crippen LogP contribution >= 0.6 is 11.6 Å². The molecule has 0 fully saturated rings. The first-order valence-corrected chi connectivity index (χ1v) is 12.9. The van der Waals surface area contributed by atoms with Gasteiger partial charge in [0.25, 0.3) is 10.0 Å². The van der Waals surface area contributed by atoms with Crippen LogP contribution in [-0.4, -0.2) is 44.8 Å². The van der Waals surface area contributed by atoms with E-state index in [-0.39, 0.29) is 31.3 Å². The van der Waals surface area contributed by atoms with E-state index in [1.165, 1.54) is 16.3 Å². The first-order valence-electron chi connectivity index (χ1n) is 11.0. The van der Waals surface area contributed by atoms with Gasteiger partial charge < -0.3 is 10.2 Å². The summed E-state index contributed by atoms with van der Waals surface area (Å²) in [5, 5.41) is 4.71. The molecule has 0 radical (unpaired) electrons. The lowest BCUT2D eigenvalue weighted by atomic mass is 10.1. The first kappa shape index (κ1) is 24.0. The topological polar surface area (TPSA) is 86.8 Å². The van der Waals surface area contributed by atoms with Crippen molar-refractivity contribution in [3.63, 3.8) is 0 Å². The summed E-state index contributed by atoms with van der Waals surface area (Å²) < 4.78 is 27.7. The van der Waals surface area contributed by atoms with Gasteiger partial charge in [-0.2, -0.15) is 0 Å². The molecule has 1 aliphatic rings. The molecule has 0 saturated heterocycles. The zero-order chi connectivity index (χ0) is 24.5. The highest BCUT2D eigenvalue weighted by Gasteiger charge is 2.35. The number of sulfonamides is 1. The number of anilines is 1. The number of carbonyl (C=O) groups excluding carboxylic acids is 2. The molecule has 2 amide bonds. The molecule has 178 valence electrons. The lowest BCUT2D eigenvalue weighted by Crippen LogP contribution is -2.46. The van der Waals surface area contributed by atoms with Crippen molar-refractivity contribution in [2.45, 2.75) is 37.2 Å². The molecule has 1 heterocycles. The van der Waals surface area contributed by atoms with Crippen molar-refractivity contribution >= 4 is 49.9 Å². The van der Waals surface area contributed by atoms with Crippen LogP contribution < -0.4 is 9.62 Å². The van der Waals surface area contributed by atoms with Gasteiger partial charge in [0, 0.05) is 37.0 Å². The molecule has 34 heavy (non-hydrogen) atoms. The van der Waals surface area contributed by atoms with Crippen LogP contribution in [0.5, 0.6) is 0 Å². The van der Waals surface area contributed by atoms with E-state index in [1.807, 2.05) is 24.3 Å². The second-order valence-corrected chi connectivity index (χ2v) is 10.5. The van der Waals surface area contributed by atoms with Gasteiger partial charge in [-0.3, -0.25) is 13.9 Å². The number of halogens is 1. The van der Waals surface area contributed by atoms with Crippen molar-refractivity contribution < 1.29 is 18.0 Å². The van der Waals surface area contributed by atoms with Crippen molar-refractivity contribution in [3.05, 3.63) is 71.2 Å². The van der Waals surface area contributed by atoms with Crippen LogP contribution in [0.1, 0.15) is 25.3 Å². The van der Waals surface area contributed by atoms with Gasteiger partial charge in [-0.05, 0) is 48.6 Å². The highest BCUT2D eigenvalue weighted by atomic mass is 35.5. The standard InChI is InChI=1S/C25H26ClN3O4S/c1-17(25(31)27-2)28(16-18-7-3-10-20(26)15-18)23(30)13-6-14-29-21-11-4-8-19-9-5-12-22(24(19)21)34(29,32)33/h3-5,7-12,15,17H,6,13-14,16H2,1-2H3,(H,27,31)/t17-/m1/s1. The molecule has 0 aromatic heterocycles. The Labute approximate surface area is 204 Å². The van der Waals surface area contributed by atoms with Crippen LogP contribution in [0.3, 0.4) is 0 Å². The summed E-state index contributed by atoms with van der Waals surface area (Å²) in [6.45, 7) is 2.06. The molecule has 0 aliphatic carbocycles. The predicted octanol–water partition coefficient (Wildman–Crippen LogP) is 3.95. The van der Waals surface area contributed by atoms with Gasteiger partial charge in [-0.1, -0.05) is 48.0 Å². The van der Waals surface area contributed by atoms with E-state index >= 15 is 0 Å². The van der Waals surface area contributed by atoms with Gasteiger partial charge in [-0.15, -0.1) is 0 Å². The molecule has 3 aromatic rings. The summed E-state index contributed by atoms with van der Waals surface area (Å²) in [6, 6.07) is 17.2. The van der Waals surface area contributed by atoms with Crippen LogP contribution in [0, 0.1) is 0 Å². The third-order valence-electron chi connectivity index (χ3n) is 6.09. The summed E-state index contributed by atoms with van der Waals surface area (Å²) in [7, 11) is -2.15. The van der Waals surface area contributed by atoms with E-state index in [0.717, 1.165) is 10.9 Å². The fourth-order valence-corrected chi connectivity index (χ4v) is 6.30. The average Bonchev–Trinajstić information content (AvgIpc) is 3.04. The van der Waals surface area contributed by atoms with E-state index in [2.05, 4.69) is 5.32 Å². The van der Waals surface area contributed by atoms with E-state index in [0.29, 0.717) is 27.4 Å². The number of nitrogens with one attached hydrogen (secondary N) is 1. The van der Waals surface area contributed by atoms with Crippen molar-refractivity contribution in [1.82, 2.24) is 10.2 Å². The Bertz CT molecular complexity index is 1350. The van der Waals surface area contributed by atoms with Crippen LogP contribution in [0.25, 0.3) is 10.8 Å². The molecule has 0 saturated carbocycles. The lowest BCUT2D eigenvalue weighted by Gasteiger charge is -2.29. The van der Waals surface area contributed by atoms with Gasteiger partial charge >= 0.3 is 0 Å². The van der Waals surface area contributed by atoms with Gasteiger partial charge in [-0.25, -0.2) is 8.42 Å². The fourth-order valence-electron chi connectivity index (χ4n) is 4.34. The van der Waals surface area contributed by atoms with Crippen LogP contribution in [0.2, 0.25) is 5.02 Å². The van der Waals surface area contributed by atoms with Crippen LogP contribution in [0.4, 0.5) is 5.69 Å². The SMILES string of the molecule is CNC(=O)[C@@H](C)N(Cc1cccc(Cl)c1)C(=O)CCCN1c2cccc3cccc(c23)S1(=O)=O. The smallest absolute Gasteiger partial charge is 0.265 e. The minimum Gasteiger partial charge on any atom is -0.357 e. The van der Waals surface area contributed by atoms with E-state index < -0.39 is 16.1 Å². The molecular formula is C25H26ClN3O4S. The quantitative estimate of drug-likeness (QED) is 0.508. The normalized spacial score (nSPS) is 14.7. The maximum absolute atomic E-state index is 13.2. The van der Waals surface area contributed by atoms with Crippen molar-refractivity contribution in [1.29, 1.82) is 0 Å². The van der Waals surface area contributed by atoms with Crippen molar-refractivity contribution in [2.24, 2.45) is 0 Å². The summed E-state index contributed by atoms with van der Waals surface area (Å²) in [6.07, 6.45) is 0.412. The number of hydrogen-bond acceptors (Lipinski definition) is 4. The minimum atomic E-state index is -3.67. The molecule has 1 aliphatic heterocycles. The number of nitrogens with zero attached hydrogens (tertiary/aromatic N) is 2. The zero-order valence-corrected chi connectivity index (χ0v) is 20.6. The molecule has 3 aromatic carbocycles. The number of benzene rings is 3. The predicted molar refractivity (Wildman–Crippen MR) is 133 cm³/mol. The van der Waals surface area contributed by atoms with E-state index in [9.17, 15) is 18.0 Å². The number of rotatable bonds is 8. The molecule has 0 spiro atoms. The summed E-state index contributed by atoms with van der Waals surface area (Å²) >= 11 is 6.09. The van der Waals surface area contributed by atoms with Gasteiger partial charge in [0.2, 0.25) is 11.8 Å². The van der Waals surface area contributed by atoms with Gasteiger partial charge in [0.15, 0.2) is 0 Å². The highest BCUT2D eigenvalue weighted by molar-refractivity contribution is 7.93. The van der Waals surface area contributed by atoms with Gasteiger partial charge in [0.05, 0.1) is 10.6 Å². The van der Waals surface area contributed by atoms with Crippen LogP contribution in [-0.2, 0) is 26.2 Å². The molecule has 1 atom stereocenters. The minimum absolute atomic E-state index is 0.0975. The third kappa shape index (κ3) is 4.48. The fraction of sp³-hybridized carbons (Fsp3) is 0.280. The maximum atomic E-state index is 13.2. The maximum Gasteiger partial charge on any atom is 0.265 e. The second kappa shape index (κ2) is 9.64. The summed E-state index contributed by atoms with van der Waals surface area (Å²) in [5.74, 6) is -0.511. The third-order valence-corrected chi connectivity index (χ3v) is 8.18. The monoisotopic (exact) mass is 499 g/mol. The second-order valence-electron chi connectivity index (χ2n) is 8.25. The number of amides is 2. The Morgan fingerprint density at radius 3 is 2.50 bits per heavy atom. The number of carbonyl (C=O) groups is 2. The Balaban J connectivity index is 1.50. The summed E-state index contributed by atoms with van der Waals surface area (Å²) in [4.78, 5) is 27.3.